The molecule has 5 nitrogen and oxygen atoms in total. The lowest BCUT2D eigenvalue weighted by atomic mass is 10.00. The van der Waals surface area contributed by atoms with Crippen LogP contribution in [0.15, 0.2) is 41.6 Å². The molecule has 0 radical (unpaired) electrons. The molecule has 156 valence electrons. The van der Waals surface area contributed by atoms with Crippen molar-refractivity contribution < 1.29 is 34.8 Å². The van der Waals surface area contributed by atoms with Gasteiger partial charge in [-0.1, -0.05) is 12.1 Å². The standard InChI is InChI=1S/C17H13F6N3O2S/c1-10-5-12(3-4-14(10)16(18,19)20)15(17(21,22)23)26(2)29(27,28)13-6-11(7-24)8-25-9-13/h3-6,8-9,15H,1-2H3/t15-/m1/s1. The van der Waals surface area contributed by atoms with Gasteiger partial charge in [-0.25, -0.2) is 8.42 Å². The predicted molar refractivity (Wildman–Crippen MR) is 88.9 cm³/mol. The Hall–Kier alpha value is -2.65. The van der Waals surface area contributed by atoms with E-state index >= 15 is 0 Å². The molecule has 0 unspecified atom stereocenters. The predicted octanol–water partition coefficient (Wildman–Crippen LogP) is 4.20. The Morgan fingerprint density at radius 2 is 1.72 bits per heavy atom. The van der Waals surface area contributed by atoms with E-state index in [1.54, 1.807) is 6.07 Å². The van der Waals surface area contributed by atoms with Crippen molar-refractivity contribution in [3.05, 3.63) is 58.9 Å². The quantitative estimate of drug-likeness (QED) is 0.672. The lowest BCUT2D eigenvalue weighted by molar-refractivity contribution is -0.171. The van der Waals surface area contributed by atoms with Crippen molar-refractivity contribution in [1.29, 1.82) is 5.26 Å². The third-order valence-electron chi connectivity index (χ3n) is 4.06. The monoisotopic (exact) mass is 437 g/mol. The second-order valence-electron chi connectivity index (χ2n) is 6.06. The van der Waals surface area contributed by atoms with Crippen LogP contribution in [0.25, 0.3) is 0 Å². The molecule has 1 aromatic carbocycles. The second-order valence-corrected chi connectivity index (χ2v) is 8.06. The van der Waals surface area contributed by atoms with E-state index in [0.717, 1.165) is 25.4 Å². The molecular formula is C17H13F6N3O2S. The summed E-state index contributed by atoms with van der Waals surface area (Å²) >= 11 is 0. The molecule has 1 aromatic heterocycles. The number of halogens is 6. The average Bonchev–Trinajstić information content (AvgIpc) is 2.59. The molecule has 1 atom stereocenters. The molecule has 0 saturated heterocycles. The Labute approximate surface area is 162 Å². The van der Waals surface area contributed by atoms with E-state index in [1.165, 1.54) is 0 Å². The molecule has 0 saturated carbocycles. The summed E-state index contributed by atoms with van der Waals surface area (Å²) in [6.45, 7) is 0.981. The number of aromatic nitrogens is 1. The van der Waals surface area contributed by atoms with Gasteiger partial charge in [0.1, 0.15) is 17.0 Å². The molecule has 29 heavy (non-hydrogen) atoms. The van der Waals surface area contributed by atoms with Crippen molar-refractivity contribution in [2.24, 2.45) is 0 Å². The molecule has 0 fully saturated rings. The molecule has 2 rings (SSSR count). The molecule has 0 bridgehead atoms. The van der Waals surface area contributed by atoms with Gasteiger partial charge in [-0.05, 0) is 30.2 Å². The van der Waals surface area contributed by atoms with Gasteiger partial charge in [-0.3, -0.25) is 4.98 Å². The fourth-order valence-corrected chi connectivity index (χ4v) is 4.03. The SMILES string of the molecule is Cc1cc([C@@H](N(C)S(=O)(=O)c2cncc(C#N)c2)C(F)(F)F)ccc1C(F)(F)F. The molecule has 0 aliphatic carbocycles. The largest absolute Gasteiger partial charge is 0.416 e. The van der Waals surface area contributed by atoms with Gasteiger partial charge < -0.3 is 0 Å². The second kappa shape index (κ2) is 7.64. The van der Waals surface area contributed by atoms with Crippen molar-refractivity contribution >= 4 is 10.0 Å². The van der Waals surface area contributed by atoms with Crippen molar-refractivity contribution in [3.63, 3.8) is 0 Å². The molecule has 0 spiro atoms. The Kier molecular flexibility index (Phi) is 5.97. The number of sulfonamides is 1. The summed E-state index contributed by atoms with van der Waals surface area (Å²) in [5.41, 5.74) is -2.48. The highest BCUT2D eigenvalue weighted by molar-refractivity contribution is 7.89. The van der Waals surface area contributed by atoms with Crippen LogP contribution >= 0.6 is 0 Å². The lowest BCUT2D eigenvalue weighted by Gasteiger charge is -2.30. The van der Waals surface area contributed by atoms with Crippen LogP contribution in [0.5, 0.6) is 0 Å². The molecule has 1 heterocycles. The molecule has 0 aliphatic rings. The highest BCUT2D eigenvalue weighted by Gasteiger charge is 2.48. The fraction of sp³-hybridized carbons (Fsp3) is 0.294. The third kappa shape index (κ3) is 4.68. The maximum absolute atomic E-state index is 13.7. The van der Waals surface area contributed by atoms with E-state index in [1.807, 2.05) is 0 Å². The summed E-state index contributed by atoms with van der Waals surface area (Å²) in [6.07, 6.45) is -8.09. The van der Waals surface area contributed by atoms with Crippen LogP contribution in [-0.2, 0) is 16.2 Å². The molecule has 12 heteroatoms. The number of aryl methyl sites for hydroxylation is 1. The van der Waals surface area contributed by atoms with Crippen LogP contribution in [-0.4, -0.2) is 30.9 Å². The first-order valence-corrected chi connectivity index (χ1v) is 9.21. The maximum atomic E-state index is 13.7. The summed E-state index contributed by atoms with van der Waals surface area (Å²) in [4.78, 5) is 2.86. The number of benzene rings is 1. The molecule has 2 aromatic rings. The summed E-state index contributed by atoms with van der Waals surface area (Å²) in [7, 11) is -4.12. The van der Waals surface area contributed by atoms with Crippen LogP contribution in [0.1, 0.15) is 28.3 Å². The van der Waals surface area contributed by atoms with Gasteiger partial charge in [0.25, 0.3) is 0 Å². The first-order chi connectivity index (χ1) is 13.2. The van der Waals surface area contributed by atoms with Crippen molar-refractivity contribution in [3.8, 4) is 6.07 Å². The van der Waals surface area contributed by atoms with E-state index in [2.05, 4.69) is 4.98 Å². The Bertz CT molecular complexity index is 1060. The maximum Gasteiger partial charge on any atom is 0.416 e. The number of alkyl halides is 6. The Balaban J connectivity index is 2.59. The van der Waals surface area contributed by atoms with Gasteiger partial charge in [0.2, 0.25) is 10.0 Å². The average molecular weight is 437 g/mol. The highest BCUT2D eigenvalue weighted by atomic mass is 32.2. The van der Waals surface area contributed by atoms with E-state index in [0.29, 0.717) is 25.2 Å². The number of pyridine rings is 1. The van der Waals surface area contributed by atoms with E-state index < -0.39 is 50.0 Å². The van der Waals surface area contributed by atoms with E-state index in [4.69, 9.17) is 5.26 Å². The van der Waals surface area contributed by atoms with E-state index in [-0.39, 0.29) is 9.87 Å². The van der Waals surface area contributed by atoms with Gasteiger partial charge >= 0.3 is 12.4 Å². The van der Waals surface area contributed by atoms with Crippen LogP contribution in [0, 0.1) is 18.3 Å². The minimum Gasteiger partial charge on any atom is -0.262 e. The van der Waals surface area contributed by atoms with Crippen LogP contribution in [0.2, 0.25) is 0 Å². The first kappa shape index (κ1) is 22.6. The van der Waals surface area contributed by atoms with Crippen molar-refractivity contribution in [1.82, 2.24) is 9.29 Å². The number of nitriles is 1. The highest BCUT2D eigenvalue weighted by Crippen LogP contribution is 2.41. The van der Waals surface area contributed by atoms with Crippen molar-refractivity contribution in [2.45, 2.75) is 30.2 Å². The summed E-state index contributed by atoms with van der Waals surface area (Å²) in [5.74, 6) is 0. The molecular weight excluding hydrogens is 424 g/mol. The Morgan fingerprint density at radius 1 is 1.10 bits per heavy atom. The van der Waals surface area contributed by atoms with Crippen LogP contribution in [0.3, 0.4) is 0 Å². The van der Waals surface area contributed by atoms with Gasteiger partial charge in [-0.2, -0.15) is 35.9 Å². The lowest BCUT2D eigenvalue weighted by Crippen LogP contribution is -2.40. The number of hydrogen-bond acceptors (Lipinski definition) is 4. The number of rotatable bonds is 4. The van der Waals surface area contributed by atoms with Crippen LogP contribution in [0.4, 0.5) is 26.3 Å². The zero-order valence-corrected chi connectivity index (χ0v) is 15.7. The Morgan fingerprint density at radius 3 is 2.21 bits per heavy atom. The minimum absolute atomic E-state index is 0.00674. The van der Waals surface area contributed by atoms with Gasteiger partial charge in [0.05, 0.1) is 11.1 Å². The summed E-state index contributed by atoms with van der Waals surface area (Å²) < 4.78 is 105. The zero-order chi connectivity index (χ0) is 22.2. The number of hydrogen-bond donors (Lipinski definition) is 0. The summed E-state index contributed by atoms with van der Waals surface area (Å²) in [5, 5.41) is 8.83. The van der Waals surface area contributed by atoms with Crippen LogP contribution < -0.4 is 0 Å². The van der Waals surface area contributed by atoms with Crippen molar-refractivity contribution in [2.75, 3.05) is 7.05 Å². The minimum atomic E-state index is -5.13. The third-order valence-corrected chi connectivity index (χ3v) is 5.85. The molecule has 0 N–H and O–H groups in total. The van der Waals surface area contributed by atoms with Gasteiger partial charge in [0.15, 0.2) is 0 Å². The van der Waals surface area contributed by atoms with E-state index in [9.17, 15) is 34.8 Å². The van der Waals surface area contributed by atoms with Gasteiger partial charge in [-0.15, -0.1) is 0 Å². The smallest absolute Gasteiger partial charge is 0.262 e. The zero-order valence-electron chi connectivity index (χ0n) is 14.9. The molecule has 0 amide bonds. The topological polar surface area (TPSA) is 74.1 Å². The normalized spacial score (nSPS) is 13.9. The fourth-order valence-electron chi connectivity index (χ4n) is 2.71. The van der Waals surface area contributed by atoms with Gasteiger partial charge in [0, 0.05) is 19.4 Å². The summed E-state index contributed by atoms with van der Waals surface area (Å²) in [6, 6.07) is 1.43. The first-order valence-electron chi connectivity index (χ1n) is 7.77. The molecule has 0 aliphatic heterocycles. The number of nitrogens with zero attached hydrogens (tertiary/aromatic N) is 3.